The third-order valence-electron chi connectivity index (χ3n) is 9.34. The van der Waals surface area contributed by atoms with Crippen molar-refractivity contribution < 1.29 is 10.2 Å². The highest BCUT2D eigenvalue weighted by molar-refractivity contribution is 5.10. The van der Waals surface area contributed by atoms with Crippen LogP contribution in [0.25, 0.3) is 0 Å². The van der Waals surface area contributed by atoms with Crippen molar-refractivity contribution in [2.45, 2.75) is 90.8 Å². The topological polar surface area (TPSA) is 40.5 Å². The molecule has 0 spiro atoms. The molecule has 0 radical (unpaired) electrons. The van der Waals surface area contributed by atoms with E-state index >= 15 is 0 Å². The maximum atomic E-state index is 10.9. The van der Waals surface area contributed by atoms with E-state index in [0.717, 1.165) is 49.4 Å². The molecular formula is C21H36O2. The first-order valence-corrected chi connectivity index (χ1v) is 10.3. The summed E-state index contributed by atoms with van der Waals surface area (Å²) in [6.45, 7) is 7.40. The lowest BCUT2D eigenvalue weighted by Crippen LogP contribution is -2.58. The molecule has 4 saturated carbocycles. The molecule has 2 N–H and O–H groups in total. The first-order chi connectivity index (χ1) is 10.9. The molecule has 0 aromatic heterocycles. The van der Waals surface area contributed by atoms with Crippen LogP contribution in [0, 0.1) is 40.4 Å². The third kappa shape index (κ3) is 2.20. The Labute approximate surface area is 142 Å². The highest BCUT2D eigenvalue weighted by Crippen LogP contribution is 2.67. The second-order valence-electron chi connectivity index (χ2n) is 9.95. The van der Waals surface area contributed by atoms with E-state index in [2.05, 4.69) is 20.8 Å². The first kappa shape index (κ1) is 16.4. The molecule has 0 aromatic carbocycles. The van der Waals surface area contributed by atoms with Crippen molar-refractivity contribution in [1.29, 1.82) is 0 Å². The number of aliphatic hydroxyl groups excluding tert-OH is 2. The van der Waals surface area contributed by atoms with Gasteiger partial charge < -0.3 is 10.2 Å². The predicted octanol–water partition coefficient (Wildman–Crippen LogP) is 4.39. The molecule has 2 heteroatoms. The van der Waals surface area contributed by atoms with E-state index in [9.17, 15) is 10.2 Å². The Morgan fingerprint density at radius 3 is 2.26 bits per heavy atom. The van der Waals surface area contributed by atoms with Crippen LogP contribution < -0.4 is 0 Å². The molecule has 132 valence electrons. The number of fused-ring (bicyclic) bond motifs is 5. The van der Waals surface area contributed by atoms with Gasteiger partial charge in [0.25, 0.3) is 0 Å². The molecule has 2 nitrogen and oxygen atoms in total. The largest absolute Gasteiger partial charge is 0.393 e. The lowest BCUT2D eigenvalue weighted by molar-refractivity contribution is -0.170. The summed E-state index contributed by atoms with van der Waals surface area (Å²) in [6.07, 6.45) is 10.5. The zero-order chi connectivity index (χ0) is 16.4. The highest BCUT2D eigenvalue weighted by Gasteiger charge is 2.61. The van der Waals surface area contributed by atoms with Gasteiger partial charge in [-0.25, -0.2) is 0 Å². The van der Waals surface area contributed by atoms with Gasteiger partial charge in [0, 0.05) is 0 Å². The lowest BCUT2D eigenvalue weighted by atomic mass is 9.44. The molecule has 0 aliphatic heterocycles. The summed E-state index contributed by atoms with van der Waals surface area (Å²) in [7, 11) is 0. The minimum atomic E-state index is -0.181. The minimum absolute atomic E-state index is 0.177. The predicted molar refractivity (Wildman–Crippen MR) is 92.9 cm³/mol. The average Bonchev–Trinajstić information content (AvgIpc) is 2.86. The molecule has 0 heterocycles. The van der Waals surface area contributed by atoms with Gasteiger partial charge in [0.2, 0.25) is 0 Å². The third-order valence-corrected chi connectivity index (χ3v) is 9.34. The van der Waals surface area contributed by atoms with E-state index in [1.54, 1.807) is 0 Å². The second kappa shape index (κ2) is 5.46. The summed E-state index contributed by atoms with van der Waals surface area (Å²) in [4.78, 5) is 0. The molecule has 4 aliphatic rings. The molecule has 0 amide bonds. The van der Waals surface area contributed by atoms with Gasteiger partial charge in [-0.1, -0.05) is 27.2 Å². The van der Waals surface area contributed by atoms with Gasteiger partial charge in [-0.05, 0) is 91.8 Å². The maximum absolute atomic E-state index is 10.9. The lowest BCUT2D eigenvalue weighted by Gasteiger charge is -2.62. The molecule has 23 heavy (non-hydrogen) atoms. The van der Waals surface area contributed by atoms with Crippen molar-refractivity contribution in [1.82, 2.24) is 0 Å². The summed E-state index contributed by atoms with van der Waals surface area (Å²) in [5.74, 6) is 3.60. The molecule has 4 aliphatic carbocycles. The van der Waals surface area contributed by atoms with Crippen LogP contribution in [0.4, 0.5) is 0 Å². The molecule has 6 unspecified atom stereocenters. The van der Waals surface area contributed by atoms with E-state index in [1.807, 2.05) is 0 Å². The first-order valence-electron chi connectivity index (χ1n) is 10.3. The van der Waals surface area contributed by atoms with E-state index < -0.39 is 0 Å². The van der Waals surface area contributed by atoms with Crippen LogP contribution in [0.2, 0.25) is 0 Å². The summed E-state index contributed by atoms with van der Waals surface area (Å²) < 4.78 is 0. The fraction of sp³-hybridized carbons (Fsp3) is 1.00. The SMILES string of the molecule is CC[C@H]1CCC2C3CC(O)C4C[C@@H](O)CCC4(C)C3CC[C@@]21C. The van der Waals surface area contributed by atoms with Crippen molar-refractivity contribution in [3.05, 3.63) is 0 Å². The summed E-state index contributed by atoms with van der Waals surface area (Å²) in [5.41, 5.74) is 0.806. The van der Waals surface area contributed by atoms with Crippen molar-refractivity contribution in [2.75, 3.05) is 0 Å². The molecule has 0 bridgehead atoms. The smallest absolute Gasteiger partial charge is 0.0577 e. The Balaban J connectivity index is 1.65. The Bertz CT molecular complexity index is 463. The van der Waals surface area contributed by atoms with Gasteiger partial charge in [0.15, 0.2) is 0 Å². The maximum Gasteiger partial charge on any atom is 0.0577 e. The fourth-order valence-corrected chi connectivity index (χ4v) is 8.06. The molecule has 0 aromatic rings. The Morgan fingerprint density at radius 1 is 0.826 bits per heavy atom. The Kier molecular flexibility index (Phi) is 3.89. The van der Waals surface area contributed by atoms with Gasteiger partial charge in [0.05, 0.1) is 12.2 Å². The van der Waals surface area contributed by atoms with Gasteiger partial charge in [0.1, 0.15) is 0 Å². The monoisotopic (exact) mass is 320 g/mol. The minimum Gasteiger partial charge on any atom is -0.393 e. The van der Waals surface area contributed by atoms with Crippen LogP contribution in [0.1, 0.15) is 78.6 Å². The van der Waals surface area contributed by atoms with Crippen LogP contribution in [0.15, 0.2) is 0 Å². The number of rotatable bonds is 1. The van der Waals surface area contributed by atoms with Crippen LogP contribution in [-0.2, 0) is 0 Å². The Morgan fingerprint density at radius 2 is 1.52 bits per heavy atom. The van der Waals surface area contributed by atoms with Crippen molar-refractivity contribution in [3.63, 3.8) is 0 Å². The van der Waals surface area contributed by atoms with Crippen LogP contribution in [-0.4, -0.2) is 22.4 Å². The van der Waals surface area contributed by atoms with Gasteiger partial charge in [-0.3, -0.25) is 0 Å². The number of aliphatic hydroxyl groups is 2. The van der Waals surface area contributed by atoms with Gasteiger partial charge in [-0.2, -0.15) is 0 Å². The van der Waals surface area contributed by atoms with E-state index in [1.165, 1.54) is 32.1 Å². The van der Waals surface area contributed by atoms with Crippen molar-refractivity contribution in [2.24, 2.45) is 40.4 Å². The van der Waals surface area contributed by atoms with Crippen LogP contribution >= 0.6 is 0 Å². The average molecular weight is 321 g/mol. The van der Waals surface area contributed by atoms with Crippen molar-refractivity contribution in [3.8, 4) is 0 Å². The zero-order valence-corrected chi connectivity index (χ0v) is 15.3. The molecular weight excluding hydrogens is 284 g/mol. The molecule has 0 saturated heterocycles. The van der Waals surface area contributed by atoms with Gasteiger partial charge >= 0.3 is 0 Å². The molecule has 4 fully saturated rings. The highest BCUT2D eigenvalue weighted by atomic mass is 16.3. The van der Waals surface area contributed by atoms with Gasteiger partial charge in [-0.15, -0.1) is 0 Å². The Hall–Kier alpha value is -0.0800. The number of hydrogen-bond acceptors (Lipinski definition) is 2. The zero-order valence-electron chi connectivity index (χ0n) is 15.3. The van der Waals surface area contributed by atoms with E-state index in [-0.39, 0.29) is 17.6 Å². The van der Waals surface area contributed by atoms with Crippen molar-refractivity contribution >= 4 is 0 Å². The fourth-order valence-electron chi connectivity index (χ4n) is 8.06. The van der Waals surface area contributed by atoms with Crippen LogP contribution in [0.3, 0.4) is 0 Å². The summed E-state index contributed by atoms with van der Waals surface area (Å²) in [5, 5.41) is 21.1. The second-order valence-corrected chi connectivity index (χ2v) is 9.95. The van der Waals surface area contributed by atoms with Crippen LogP contribution in [0.5, 0.6) is 0 Å². The van der Waals surface area contributed by atoms with E-state index in [0.29, 0.717) is 11.3 Å². The molecule has 9 atom stereocenters. The summed E-state index contributed by atoms with van der Waals surface area (Å²) in [6, 6.07) is 0. The standard InChI is InChI=1S/C21H36O2/c1-4-13-5-6-16-15-12-19(23)18-11-14(22)7-9-21(18,3)17(15)8-10-20(13,16)2/h13-19,22-23H,4-12H2,1-3H3/t13-,14-,15?,16?,17?,18?,19?,20+,21?/m0/s1. The molecule has 4 rings (SSSR count). The number of hydrogen-bond donors (Lipinski definition) is 2. The van der Waals surface area contributed by atoms with E-state index in [4.69, 9.17) is 0 Å². The normalized spacial score (nSPS) is 59.1. The summed E-state index contributed by atoms with van der Waals surface area (Å²) >= 11 is 0. The quantitative estimate of drug-likeness (QED) is 0.752.